The third-order valence-corrected chi connectivity index (χ3v) is 13.3. The van der Waals surface area contributed by atoms with E-state index < -0.39 is 0 Å². The lowest BCUT2D eigenvalue weighted by molar-refractivity contribution is -0.150. The van der Waals surface area contributed by atoms with E-state index >= 15 is 0 Å². The highest BCUT2D eigenvalue weighted by molar-refractivity contribution is 5.69. The zero-order chi connectivity index (χ0) is 47.4. The van der Waals surface area contributed by atoms with Gasteiger partial charge in [0.1, 0.15) is 6.10 Å². The van der Waals surface area contributed by atoms with Crippen LogP contribution in [0.1, 0.15) is 264 Å². The molecule has 0 aliphatic rings. The topological polar surface area (TPSA) is 105 Å². The highest BCUT2D eigenvalue weighted by atomic mass is 16.5. The fraction of sp³-hybridized carbons (Fsp3) is 0.893. The highest BCUT2D eigenvalue weighted by Crippen LogP contribution is 2.19. The number of carbonyl (C=O) groups is 2. The van der Waals surface area contributed by atoms with Crippen LogP contribution in [-0.4, -0.2) is 81.3 Å². The number of carbonyl (C=O) groups excluding carboxylic acids is 2. The van der Waals surface area contributed by atoms with Crippen LogP contribution in [0.15, 0.2) is 9.59 Å². The standard InChI is InChI=1S/C56H105N3O6/c1-6-9-12-15-18-27-37-49-64-52(60)42-32-23-19-25-35-46-59(48-38-44-57-54-51(55(62)56(54)63)41-31-28-34-45-58(4)5)47-36-26-20-24-33-43-53(61)65-50(39-29-21-16-13-10-7-2)40-30-22-17-14-11-8-3/h50,57H,6-49H2,1-5H3. The molecule has 0 atom stereocenters. The Hall–Kier alpha value is -2.26. The van der Waals surface area contributed by atoms with Gasteiger partial charge in [0, 0.05) is 24.9 Å². The maximum atomic E-state index is 12.9. The molecule has 9 heteroatoms. The van der Waals surface area contributed by atoms with Crippen LogP contribution in [-0.2, 0) is 25.5 Å². The van der Waals surface area contributed by atoms with Gasteiger partial charge < -0.3 is 24.6 Å². The van der Waals surface area contributed by atoms with Crippen LogP contribution in [0.5, 0.6) is 0 Å². The first-order valence-electron chi connectivity index (χ1n) is 28.0. The third kappa shape index (κ3) is 35.5. The molecule has 0 bridgehead atoms. The number of nitrogens with zero attached hydrogens (tertiary/aromatic N) is 2. The Morgan fingerprint density at radius 1 is 0.477 bits per heavy atom. The summed E-state index contributed by atoms with van der Waals surface area (Å²) in [5, 5.41) is 3.34. The van der Waals surface area contributed by atoms with Crippen molar-refractivity contribution in [3.63, 3.8) is 0 Å². The van der Waals surface area contributed by atoms with Gasteiger partial charge in [0.15, 0.2) is 0 Å². The summed E-state index contributed by atoms with van der Waals surface area (Å²) >= 11 is 0. The number of unbranched alkanes of at least 4 members (excludes halogenated alkanes) is 26. The smallest absolute Gasteiger partial charge is 0.306 e. The first-order chi connectivity index (χ1) is 31.7. The summed E-state index contributed by atoms with van der Waals surface area (Å²) in [5.74, 6) is -0.0425. The molecule has 0 spiro atoms. The Kier molecular flexibility index (Phi) is 41.4. The molecular weight excluding hydrogens is 811 g/mol. The molecule has 1 rings (SSSR count). The largest absolute Gasteiger partial charge is 0.466 e. The average molecular weight is 916 g/mol. The number of rotatable bonds is 50. The predicted octanol–water partition coefficient (Wildman–Crippen LogP) is 14.0. The monoisotopic (exact) mass is 916 g/mol. The quantitative estimate of drug-likeness (QED) is 0.0388. The Morgan fingerprint density at radius 3 is 1.45 bits per heavy atom. The van der Waals surface area contributed by atoms with Gasteiger partial charge in [-0.05, 0) is 124 Å². The van der Waals surface area contributed by atoms with Crippen LogP contribution in [0.4, 0.5) is 5.69 Å². The number of nitrogens with one attached hydrogen (secondary N) is 1. The van der Waals surface area contributed by atoms with Gasteiger partial charge in [-0.3, -0.25) is 19.2 Å². The minimum absolute atomic E-state index is 0.00124. The molecule has 1 aromatic rings. The van der Waals surface area contributed by atoms with E-state index in [0.717, 1.165) is 142 Å². The molecule has 0 saturated carbocycles. The first kappa shape index (κ1) is 60.8. The second-order valence-electron chi connectivity index (χ2n) is 19.8. The SMILES string of the molecule is CCCCCCCCCOC(=O)CCCCCCCN(CCCCCCCC(=O)OC(CCCCCCCC)CCCCCCCC)CCCNc1c(CCCCCN(C)C)c(=O)c1=O. The van der Waals surface area contributed by atoms with Gasteiger partial charge in [-0.2, -0.15) is 0 Å². The summed E-state index contributed by atoms with van der Waals surface area (Å²) in [6.45, 7) is 12.1. The molecule has 0 aliphatic carbocycles. The Balaban J connectivity index is 2.48. The van der Waals surface area contributed by atoms with Gasteiger partial charge in [0.2, 0.25) is 10.9 Å². The van der Waals surface area contributed by atoms with E-state index in [0.29, 0.717) is 43.7 Å². The van der Waals surface area contributed by atoms with Crippen molar-refractivity contribution in [2.45, 2.75) is 271 Å². The van der Waals surface area contributed by atoms with Crippen molar-refractivity contribution in [3.8, 4) is 0 Å². The van der Waals surface area contributed by atoms with E-state index in [2.05, 4.69) is 50.0 Å². The molecule has 0 unspecified atom stereocenters. The second-order valence-corrected chi connectivity index (χ2v) is 19.8. The summed E-state index contributed by atoms with van der Waals surface area (Å²) in [6.07, 6.45) is 42.4. The number of hydrogen-bond donors (Lipinski definition) is 1. The van der Waals surface area contributed by atoms with E-state index in [4.69, 9.17) is 9.47 Å². The Bertz CT molecular complexity index is 1290. The summed E-state index contributed by atoms with van der Waals surface area (Å²) < 4.78 is 11.6. The van der Waals surface area contributed by atoms with Crippen molar-refractivity contribution in [2.75, 3.05) is 58.7 Å². The van der Waals surface area contributed by atoms with Crippen molar-refractivity contribution < 1.29 is 19.1 Å². The van der Waals surface area contributed by atoms with Crippen LogP contribution in [0.25, 0.3) is 0 Å². The molecular formula is C56H105N3O6. The molecule has 0 aliphatic heterocycles. The zero-order valence-electron chi connectivity index (χ0n) is 43.5. The lowest BCUT2D eigenvalue weighted by Crippen LogP contribution is -2.39. The Labute approximate surface area is 400 Å². The summed E-state index contributed by atoms with van der Waals surface area (Å²) in [7, 11) is 4.15. The van der Waals surface area contributed by atoms with Crippen LogP contribution in [0, 0.1) is 0 Å². The van der Waals surface area contributed by atoms with Gasteiger partial charge >= 0.3 is 11.9 Å². The average Bonchev–Trinajstić information content (AvgIpc) is 3.29. The van der Waals surface area contributed by atoms with E-state index in [9.17, 15) is 19.2 Å². The molecule has 0 fully saturated rings. The second kappa shape index (κ2) is 44.3. The summed E-state index contributed by atoms with van der Waals surface area (Å²) in [5.41, 5.74) is 0.620. The molecule has 380 valence electrons. The van der Waals surface area contributed by atoms with Gasteiger partial charge in [0.05, 0.1) is 12.3 Å². The highest BCUT2D eigenvalue weighted by Gasteiger charge is 2.20. The lowest BCUT2D eigenvalue weighted by Gasteiger charge is -2.23. The molecule has 0 heterocycles. The summed E-state index contributed by atoms with van der Waals surface area (Å²) in [4.78, 5) is 54.6. The minimum atomic E-state index is -0.346. The number of ether oxygens (including phenoxy) is 2. The molecule has 9 nitrogen and oxygen atoms in total. The third-order valence-electron chi connectivity index (χ3n) is 13.3. The Morgan fingerprint density at radius 2 is 0.908 bits per heavy atom. The molecule has 0 saturated heterocycles. The first-order valence-corrected chi connectivity index (χ1v) is 28.0. The van der Waals surface area contributed by atoms with E-state index in [1.165, 1.54) is 109 Å². The van der Waals surface area contributed by atoms with Crippen molar-refractivity contribution in [2.24, 2.45) is 0 Å². The minimum Gasteiger partial charge on any atom is -0.466 e. The van der Waals surface area contributed by atoms with Crippen LogP contribution in [0.3, 0.4) is 0 Å². The van der Waals surface area contributed by atoms with Crippen LogP contribution < -0.4 is 16.2 Å². The number of esters is 2. The van der Waals surface area contributed by atoms with E-state index in [-0.39, 0.29) is 28.9 Å². The summed E-state index contributed by atoms with van der Waals surface area (Å²) in [6, 6.07) is 0. The van der Waals surface area contributed by atoms with Crippen molar-refractivity contribution >= 4 is 17.6 Å². The maximum Gasteiger partial charge on any atom is 0.306 e. The zero-order valence-corrected chi connectivity index (χ0v) is 43.5. The molecule has 0 amide bonds. The van der Waals surface area contributed by atoms with Crippen LogP contribution >= 0.6 is 0 Å². The van der Waals surface area contributed by atoms with Crippen molar-refractivity contribution in [1.82, 2.24) is 9.80 Å². The maximum absolute atomic E-state index is 12.9. The molecule has 65 heavy (non-hydrogen) atoms. The van der Waals surface area contributed by atoms with E-state index in [1.807, 2.05) is 0 Å². The van der Waals surface area contributed by atoms with E-state index in [1.54, 1.807) is 0 Å². The normalized spacial score (nSPS) is 11.8. The molecule has 0 aromatic heterocycles. The van der Waals surface area contributed by atoms with Crippen molar-refractivity contribution in [1.29, 1.82) is 0 Å². The van der Waals surface area contributed by atoms with Gasteiger partial charge in [-0.1, -0.05) is 168 Å². The van der Waals surface area contributed by atoms with Crippen LogP contribution in [0.2, 0.25) is 0 Å². The number of anilines is 1. The van der Waals surface area contributed by atoms with Gasteiger partial charge in [-0.15, -0.1) is 0 Å². The molecule has 1 N–H and O–H groups in total. The number of hydrogen-bond acceptors (Lipinski definition) is 9. The fourth-order valence-electron chi connectivity index (χ4n) is 9.02. The molecule has 1 aromatic carbocycles. The van der Waals surface area contributed by atoms with Gasteiger partial charge in [0.25, 0.3) is 0 Å². The van der Waals surface area contributed by atoms with Crippen molar-refractivity contribution in [3.05, 3.63) is 26.0 Å². The van der Waals surface area contributed by atoms with Gasteiger partial charge in [-0.25, -0.2) is 0 Å². The fourth-order valence-corrected chi connectivity index (χ4v) is 9.02. The lowest BCUT2D eigenvalue weighted by atomic mass is 10.00. The predicted molar refractivity (Wildman–Crippen MR) is 277 cm³/mol. The molecule has 0 radical (unpaired) electrons.